The van der Waals surface area contributed by atoms with E-state index < -0.39 is 32.5 Å². The lowest BCUT2D eigenvalue weighted by Crippen LogP contribution is -2.59. The van der Waals surface area contributed by atoms with Crippen molar-refractivity contribution < 1.29 is 32.1 Å². The molecule has 0 amide bonds. The Kier molecular flexibility index (Phi) is 4.98. The second-order valence-electron chi connectivity index (χ2n) is 3.85. The zero-order chi connectivity index (χ0) is 15.3. The van der Waals surface area contributed by atoms with E-state index in [1.165, 1.54) is 12.1 Å². The molecular weight excluding hydrogens is 287 g/mol. The molecule has 108 valence electrons. The molecule has 0 N–H and O–H groups in total. The Hall–Kier alpha value is -2.22. The molecule has 0 aromatic heterocycles. The number of hydrogen-bond acceptors (Lipinski definition) is 6. The number of carbonyl (C=O) groups is 3. The van der Waals surface area contributed by atoms with Gasteiger partial charge in [-0.1, -0.05) is 12.1 Å². The van der Waals surface area contributed by atoms with Gasteiger partial charge in [-0.3, -0.25) is 14.4 Å². The molecule has 8 heteroatoms. The van der Waals surface area contributed by atoms with Gasteiger partial charge in [0.1, 0.15) is 5.82 Å². The Morgan fingerprint density at radius 2 is 1.40 bits per heavy atom. The number of hydrogen-bond donors (Lipinski definition) is 0. The van der Waals surface area contributed by atoms with Crippen LogP contribution in [-0.2, 0) is 27.7 Å². The molecule has 1 aromatic carbocycles. The van der Waals surface area contributed by atoms with Crippen LogP contribution in [0.3, 0.4) is 0 Å². The summed E-state index contributed by atoms with van der Waals surface area (Å²) in [6.07, 6.45) is 0. The van der Waals surface area contributed by atoms with E-state index in [1.807, 2.05) is 0 Å². The van der Waals surface area contributed by atoms with Crippen LogP contribution in [0.5, 0.6) is 0 Å². The second-order valence-corrected chi connectivity index (χ2v) is 6.15. The van der Waals surface area contributed by atoms with Crippen molar-refractivity contribution in [2.45, 2.75) is 20.8 Å². The minimum absolute atomic E-state index is 0.00176. The molecule has 0 unspecified atom stereocenters. The lowest BCUT2D eigenvalue weighted by atomic mass is 10.3. The standard InChI is InChI=1S/C12H13FO6Si/c1-8(14)17-20(18-9(2)15,19-10(3)16)12-6-4-5-11(13)7-12/h4-7H,1-3H3. The molecule has 0 atom stereocenters. The smallest absolute Gasteiger partial charge is 0.452 e. The fourth-order valence-corrected chi connectivity index (χ4v) is 3.71. The maximum absolute atomic E-state index is 13.3. The molecule has 1 aromatic rings. The first-order valence-electron chi connectivity index (χ1n) is 5.60. The number of rotatable bonds is 4. The molecule has 20 heavy (non-hydrogen) atoms. The van der Waals surface area contributed by atoms with Crippen LogP contribution in [0.1, 0.15) is 20.8 Å². The average molecular weight is 300 g/mol. The van der Waals surface area contributed by atoms with Gasteiger partial charge in [0, 0.05) is 20.8 Å². The Bertz CT molecular complexity index is 504. The average Bonchev–Trinajstić information content (AvgIpc) is 2.25. The van der Waals surface area contributed by atoms with Crippen LogP contribution < -0.4 is 5.19 Å². The maximum atomic E-state index is 13.3. The Labute approximate surface area is 115 Å². The lowest BCUT2D eigenvalue weighted by molar-refractivity contribution is -0.146. The van der Waals surface area contributed by atoms with Crippen molar-refractivity contribution in [3.8, 4) is 0 Å². The highest BCUT2D eigenvalue weighted by atomic mass is 28.4. The fraction of sp³-hybridized carbons (Fsp3) is 0.250. The molecule has 0 saturated carbocycles. The number of halogens is 1. The van der Waals surface area contributed by atoms with Crippen LogP contribution in [0.15, 0.2) is 24.3 Å². The highest BCUT2D eigenvalue weighted by Crippen LogP contribution is 2.13. The van der Waals surface area contributed by atoms with Crippen LogP contribution in [0, 0.1) is 5.82 Å². The Morgan fingerprint density at radius 3 is 1.75 bits per heavy atom. The molecule has 0 spiro atoms. The van der Waals surface area contributed by atoms with E-state index >= 15 is 0 Å². The van der Waals surface area contributed by atoms with Gasteiger partial charge in [-0.2, -0.15) is 0 Å². The minimum atomic E-state index is -4.18. The third-order valence-corrected chi connectivity index (χ3v) is 4.70. The van der Waals surface area contributed by atoms with E-state index in [4.69, 9.17) is 13.3 Å². The van der Waals surface area contributed by atoms with Gasteiger partial charge in [0.25, 0.3) is 17.9 Å². The normalized spacial score (nSPS) is 10.6. The fourth-order valence-electron chi connectivity index (χ4n) is 1.49. The van der Waals surface area contributed by atoms with Gasteiger partial charge in [-0.25, -0.2) is 4.39 Å². The summed E-state index contributed by atoms with van der Waals surface area (Å²) in [5, 5.41) is -0.00176. The molecule has 0 bridgehead atoms. The van der Waals surface area contributed by atoms with E-state index in [9.17, 15) is 18.8 Å². The second kappa shape index (κ2) is 6.28. The molecule has 0 aliphatic heterocycles. The van der Waals surface area contributed by atoms with Crippen LogP contribution in [-0.4, -0.2) is 26.7 Å². The molecule has 0 radical (unpaired) electrons. The SMILES string of the molecule is CC(=O)O[Si](OC(C)=O)(OC(C)=O)c1cccc(F)c1. The van der Waals surface area contributed by atoms with Crippen molar-refractivity contribution in [1.29, 1.82) is 0 Å². The van der Waals surface area contributed by atoms with E-state index in [-0.39, 0.29) is 5.19 Å². The number of carbonyl (C=O) groups excluding carboxylic acids is 3. The summed E-state index contributed by atoms with van der Waals surface area (Å²) in [5.74, 6) is -3.10. The van der Waals surface area contributed by atoms with Crippen LogP contribution in [0.4, 0.5) is 4.39 Å². The van der Waals surface area contributed by atoms with E-state index in [0.29, 0.717) is 0 Å². The maximum Gasteiger partial charge on any atom is 0.743 e. The predicted molar refractivity (Wildman–Crippen MR) is 67.1 cm³/mol. The van der Waals surface area contributed by atoms with E-state index in [0.717, 1.165) is 32.9 Å². The molecule has 0 saturated heterocycles. The van der Waals surface area contributed by atoms with E-state index in [1.54, 1.807) is 0 Å². The predicted octanol–water partition coefficient (Wildman–Crippen LogP) is 0.661. The molecule has 0 aliphatic rings. The first-order chi connectivity index (χ1) is 9.25. The largest absolute Gasteiger partial charge is 0.743 e. The van der Waals surface area contributed by atoms with Gasteiger partial charge in [-0.15, -0.1) is 0 Å². The zero-order valence-electron chi connectivity index (χ0n) is 11.1. The van der Waals surface area contributed by atoms with Gasteiger partial charge in [0.05, 0.1) is 5.19 Å². The van der Waals surface area contributed by atoms with Gasteiger partial charge in [0.15, 0.2) is 0 Å². The van der Waals surface area contributed by atoms with Crippen molar-refractivity contribution in [3.63, 3.8) is 0 Å². The molecule has 0 fully saturated rings. The molecule has 1 rings (SSSR count). The monoisotopic (exact) mass is 300 g/mol. The molecule has 0 heterocycles. The van der Waals surface area contributed by atoms with Crippen molar-refractivity contribution in [3.05, 3.63) is 30.1 Å². The molecule has 6 nitrogen and oxygen atoms in total. The summed E-state index contributed by atoms with van der Waals surface area (Å²) in [5.41, 5.74) is 0. The Morgan fingerprint density at radius 1 is 0.950 bits per heavy atom. The summed E-state index contributed by atoms with van der Waals surface area (Å²) in [6, 6.07) is 4.81. The summed E-state index contributed by atoms with van der Waals surface area (Å²) in [7, 11) is -4.18. The first-order valence-corrected chi connectivity index (χ1v) is 7.32. The molecular formula is C12H13FO6Si. The highest BCUT2D eigenvalue weighted by molar-refractivity contribution is 6.79. The Balaban J connectivity index is 3.36. The lowest BCUT2D eigenvalue weighted by Gasteiger charge is -2.26. The van der Waals surface area contributed by atoms with E-state index in [2.05, 4.69) is 0 Å². The number of benzene rings is 1. The van der Waals surface area contributed by atoms with Gasteiger partial charge in [0.2, 0.25) is 0 Å². The quantitative estimate of drug-likeness (QED) is 0.760. The topological polar surface area (TPSA) is 78.9 Å². The zero-order valence-corrected chi connectivity index (χ0v) is 12.1. The van der Waals surface area contributed by atoms with Crippen molar-refractivity contribution in [1.82, 2.24) is 0 Å². The van der Waals surface area contributed by atoms with Crippen LogP contribution >= 0.6 is 0 Å². The van der Waals surface area contributed by atoms with Crippen molar-refractivity contribution in [2.24, 2.45) is 0 Å². The third-order valence-electron chi connectivity index (χ3n) is 2.01. The summed E-state index contributed by atoms with van der Waals surface area (Å²) < 4.78 is 28.2. The van der Waals surface area contributed by atoms with Crippen LogP contribution in [0.25, 0.3) is 0 Å². The van der Waals surface area contributed by atoms with Gasteiger partial charge in [-0.05, 0) is 12.1 Å². The van der Waals surface area contributed by atoms with Crippen molar-refractivity contribution >= 4 is 31.9 Å². The summed E-state index contributed by atoms with van der Waals surface area (Å²) in [6.45, 7) is 3.19. The van der Waals surface area contributed by atoms with Gasteiger partial charge >= 0.3 is 8.80 Å². The van der Waals surface area contributed by atoms with Crippen molar-refractivity contribution in [2.75, 3.05) is 0 Å². The summed E-state index contributed by atoms with van der Waals surface area (Å²) >= 11 is 0. The van der Waals surface area contributed by atoms with Crippen LogP contribution in [0.2, 0.25) is 0 Å². The van der Waals surface area contributed by atoms with Gasteiger partial charge < -0.3 is 13.3 Å². The highest BCUT2D eigenvalue weighted by Gasteiger charge is 2.54. The molecule has 0 aliphatic carbocycles. The summed E-state index contributed by atoms with van der Waals surface area (Å²) in [4.78, 5) is 33.7. The first kappa shape index (κ1) is 15.8. The third kappa shape index (κ3) is 4.16. The minimum Gasteiger partial charge on any atom is -0.452 e.